The molecular formula is C30H27F4N5O2. The molecule has 0 aliphatic carbocycles. The summed E-state index contributed by atoms with van der Waals surface area (Å²) in [6, 6.07) is 14.0. The standard InChI is InChI=1S/C30H27F4N5O2/c1-16-13-23-26(30(41)39(16)2)28(36-22-6-4-3-5-21(22)32)27(37-23)18-11-12-35-25(14-18)38-29(40)20(15-24(33)34)17-7-9-19(31)10-8-17/h3-12,14,16,20,24,36-37H,13,15H2,1-2H3,(H,35,38,40)/t16-,20-/m1/s1. The summed E-state index contributed by atoms with van der Waals surface area (Å²) in [5.74, 6) is -3.19. The molecule has 2 amide bonds. The molecule has 5 rings (SSSR count). The summed E-state index contributed by atoms with van der Waals surface area (Å²) in [5.41, 5.74) is 2.80. The molecular weight excluding hydrogens is 538 g/mol. The van der Waals surface area contributed by atoms with Crippen LogP contribution < -0.4 is 10.6 Å². The maximum absolute atomic E-state index is 14.6. The fraction of sp³-hybridized carbons (Fsp3) is 0.233. The molecule has 3 heterocycles. The Morgan fingerprint density at radius 2 is 1.85 bits per heavy atom. The van der Waals surface area contributed by atoms with Crippen LogP contribution in [0.1, 0.15) is 40.9 Å². The topological polar surface area (TPSA) is 90.1 Å². The molecule has 212 valence electrons. The van der Waals surface area contributed by atoms with E-state index >= 15 is 0 Å². The van der Waals surface area contributed by atoms with Crippen LogP contribution in [0, 0.1) is 11.6 Å². The molecule has 41 heavy (non-hydrogen) atoms. The van der Waals surface area contributed by atoms with E-state index < -0.39 is 36.3 Å². The van der Waals surface area contributed by atoms with Gasteiger partial charge in [0.1, 0.15) is 17.5 Å². The number of para-hydroxylation sites is 1. The number of amides is 2. The molecule has 1 aliphatic heterocycles. The van der Waals surface area contributed by atoms with Crippen molar-refractivity contribution < 1.29 is 27.2 Å². The number of nitrogens with one attached hydrogen (secondary N) is 3. The maximum Gasteiger partial charge on any atom is 0.257 e. The van der Waals surface area contributed by atoms with E-state index in [1.54, 1.807) is 36.2 Å². The highest BCUT2D eigenvalue weighted by molar-refractivity contribution is 6.06. The van der Waals surface area contributed by atoms with Crippen LogP contribution in [0.4, 0.5) is 34.8 Å². The predicted molar refractivity (Wildman–Crippen MR) is 147 cm³/mol. The summed E-state index contributed by atoms with van der Waals surface area (Å²) >= 11 is 0. The summed E-state index contributed by atoms with van der Waals surface area (Å²) in [6.45, 7) is 1.92. The molecule has 2 aromatic carbocycles. The monoisotopic (exact) mass is 565 g/mol. The van der Waals surface area contributed by atoms with E-state index in [1.165, 1.54) is 30.5 Å². The second-order valence-corrected chi connectivity index (χ2v) is 9.95. The number of aromatic amines is 1. The number of benzene rings is 2. The largest absolute Gasteiger partial charge is 0.356 e. The number of anilines is 3. The number of carbonyl (C=O) groups is 2. The number of hydrogen-bond acceptors (Lipinski definition) is 4. The lowest BCUT2D eigenvalue weighted by Gasteiger charge is -2.30. The molecule has 0 bridgehead atoms. The Morgan fingerprint density at radius 1 is 1.12 bits per heavy atom. The van der Waals surface area contributed by atoms with Crippen molar-refractivity contribution in [1.29, 1.82) is 0 Å². The number of halogens is 4. The summed E-state index contributed by atoms with van der Waals surface area (Å²) in [5, 5.41) is 5.65. The van der Waals surface area contributed by atoms with Crippen molar-refractivity contribution in [2.45, 2.75) is 38.2 Å². The van der Waals surface area contributed by atoms with Crippen LogP contribution in [0.25, 0.3) is 11.3 Å². The zero-order valence-corrected chi connectivity index (χ0v) is 22.2. The van der Waals surface area contributed by atoms with Crippen LogP contribution in [0.3, 0.4) is 0 Å². The van der Waals surface area contributed by atoms with Gasteiger partial charge in [0.05, 0.1) is 28.6 Å². The first-order valence-electron chi connectivity index (χ1n) is 13.0. The highest BCUT2D eigenvalue weighted by Crippen LogP contribution is 2.39. The van der Waals surface area contributed by atoms with Crippen LogP contribution in [0.2, 0.25) is 0 Å². The molecule has 0 unspecified atom stereocenters. The minimum atomic E-state index is -2.77. The van der Waals surface area contributed by atoms with E-state index in [1.807, 2.05) is 6.92 Å². The van der Waals surface area contributed by atoms with Crippen LogP contribution in [-0.2, 0) is 11.2 Å². The Kier molecular flexibility index (Phi) is 7.78. The first-order chi connectivity index (χ1) is 19.6. The number of pyridine rings is 1. The number of alkyl halides is 2. The van der Waals surface area contributed by atoms with Crippen molar-refractivity contribution in [2.24, 2.45) is 0 Å². The summed E-state index contributed by atoms with van der Waals surface area (Å²) < 4.78 is 54.7. The third kappa shape index (κ3) is 5.79. The molecule has 2 aromatic heterocycles. The Balaban J connectivity index is 1.51. The van der Waals surface area contributed by atoms with Gasteiger partial charge in [0, 0.05) is 43.4 Å². The lowest BCUT2D eigenvalue weighted by Crippen LogP contribution is -2.41. The van der Waals surface area contributed by atoms with Crippen molar-refractivity contribution in [1.82, 2.24) is 14.9 Å². The highest BCUT2D eigenvalue weighted by atomic mass is 19.3. The molecule has 11 heteroatoms. The first kappa shape index (κ1) is 27.9. The number of H-pyrrole nitrogens is 1. The minimum Gasteiger partial charge on any atom is -0.356 e. The third-order valence-electron chi connectivity index (χ3n) is 7.21. The number of hydrogen-bond donors (Lipinski definition) is 3. The third-order valence-corrected chi connectivity index (χ3v) is 7.21. The summed E-state index contributed by atoms with van der Waals surface area (Å²) in [6.07, 6.45) is -1.57. The SMILES string of the molecule is C[C@@H]1Cc2[nH]c(-c3ccnc(NC(=O)[C@H](CC(F)F)c4ccc(F)cc4)c3)c(Nc3ccccc3F)c2C(=O)N1C. The van der Waals surface area contributed by atoms with Gasteiger partial charge in [-0.15, -0.1) is 0 Å². The quantitative estimate of drug-likeness (QED) is 0.213. The number of rotatable bonds is 8. The Morgan fingerprint density at radius 3 is 2.56 bits per heavy atom. The Hall–Kier alpha value is -4.67. The van der Waals surface area contributed by atoms with Gasteiger partial charge in [-0.3, -0.25) is 9.59 Å². The number of nitrogens with zero attached hydrogens (tertiary/aromatic N) is 2. The van der Waals surface area contributed by atoms with E-state index in [4.69, 9.17) is 0 Å². The van der Waals surface area contributed by atoms with E-state index in [0.717, 1.165) is 12.1 Å². The molecule has 3 N–H and O–H groups in total. The molecule has 0 fully saturated rings. The maximum atomic E-state index is 14.6. The van der Waals surface area contributed by atoms with E-state index in [-0.39, 0.29) is 29.0 Å². The van der Waals surface area contributed by atoms with Gasteiger partial charge in [-0.1, -0.05) is 24.3 Å². The molecule has 0 saturated carbocycles. The van der Waals surface area contributed by atoms with Crippen molar-refractivity contribution >= 4 is 29.0 Å². The fourth-order valence-corrected chi connectivity index (χ4v) is 4.92. The van der Waals surface area contributed by atoms with Gasteiger partial charge in [0.25, 0.3) is 5.91 Å². The zero-order chi connectivity index (χ0) is 29.3. The van der Waals surface area contributed by atoms with E-state index in [9.17, 15) is 27.2 Å². The van der Waals surface area contributed by atoms with Gasteiger partial charge in [-0.2, -0.15) is 0 Å². The zero-order valence-electron chi connectivity index (χ0n) is 22.2. The van der Waals surface area contributed by atoms with Crippen LogP contribution in [0.15, 0.2) is 66.9 Å². The van der Waals surface area contributed by atoms with Crippen molar-refractivity contribution in [2.75, 3.05) is 17.7 Å². The summed E-state index contributed by atoms with van der Waals surface area (Å²) in [4.78, 5) is 35.5. The second kappa shape index (κ2) is 11.4. The van der Waals surface area contributed by atoms with Crippen molar-refractivity contribution in [3.63, 3.8) is 0 Å². The second-order valence-electron chi connectivity index (χ2n) is 9.95. The lowest BCUT2D eigenvalue weighted by atomic mass is 9.95. The lowest BCUT2D eigenvalue weighted by molar-refractivity contribution is -0.118. The van der Waals surface area contributed by atoms with E-state index in [0.29, 0.717) is 34.6 Å². The molecule has 2 atom stereocenters. The van der Waals surface area contributed by atoms with Gasteiger partial charge < -0.3 is 20.5 Å². The highest BCUT2D eigenvalue weighted by Gasteiger charge is 2.34. The van der Waals surface area contributed by atoms with Crippen LogP contribution >= 0.6 is 0 Å². The predicted octanol–water partition coefficient (Wildman–Crippen LogP) is 6.49. The minimum absolute atomic E-state index is 0.0756. The fourth-order valence-electron chi connectivity index (χ4n) is 4.92. The van der Waals surface area contributed by atoms with Gasteiger partial charge in [0.2, 0.25) is 12.3 Å². The van der Waals surface area contributed by atoms with Gasteiger partial charge in [0.15, 0.2) is 0 Å². The molecule has 7 nitrogen and oxygen atoms in total. The number of aromatic nitrogens is 2. The van der Waals surface area contributed by atoms with Gasteiger partial charge >= 0.3 is 0 Å². The van der Waals surface area contributed by atoms with Crippen LogP contribution in [-0.4, -0.2) is 46.2 Å². The Labute approximate surface area is 233 Å². The van der Waals surface area contributed by atoms with Crippen molar-refractivity contribution in [3.8, 4) is 11.3 Å². The number of fused-ring (bicyclic) bond motifs is 1. The molecule has 1 aliphatic rings. The number of carbonyl (C=O) groups excluding carboxylic acids is 2. The molecule has 0 saturated heterocycles. The van der Waals surface area contributed by atoms with Crippen molar-refractivity contribution in [3.05, 3.63) is 95.3 Å². The van der Waals surface area contributed by atoms with E-state index in [2.05, 4.69) is 20.6 Å². The van der Waals surface area contributed by atoms with Gasteiger partial charge in [-0.05, 0) is 48.9 Å². The average molecular weight is 566 g/mol. The smallest absolute Gasteiger partial charge is 0.257 e. The van der Waals surface area contributed by atoms with Gasteiger partial charge in [-0.25, -0.2) is 22.5 Å². The molecule has 0 spiro atoms. The number of likely N-dealkylation sites (N-methyl/N-ethyl adjacent to an activating group) is 1. The Bertz CT molecular complexity index is 1590. The van der Waals surface area contributed by atoms with Crippen LogP contribution in [0.5, 0.6) is 0 Å². The summed E-state index contributed by atoms with van der Waals surface area (Å²) in [7, 11) is 1.70. The average Bonchev–Trinajstić information content (AvgIpc) is 3.30. The first-order valence-corrected chi connectivity index (χ1v) is 13.0. The molecule has 0 radical (unpaired) electrons. The normalized spacial score (nSPS) is 15.5. The molecule has 4 aromatic rings.